The summed E-state index contributed by atoms with van der Waals surface area (Å²) in [5, 5.41) is 0.0598. The topological polar surface area (TPSA) is 52.6 Å². The summed E-state index contributed by atoms with van der Waals surface area (Å²) in [7, 11) is -0.612. The van der Waals surface area contributed by atoms with Crippen molar-refractivity contribution in [2.24, 2.45) is 0 Å². The molecule has 0 heterocycles. The smallest absolute Gasteiger partial charge is 0.308 e. The van der Waals surface area contributed by atoms with Crippen LogP contribution in [0.3, 0.4) is 0 Å². The SMILES string of the molecule is COC(=O)C[C@H](CC=O)O[Si](C)(C)C(C)(C)C. The van der Waals surface area contributed by atoms with Crippen LogP contribution in [-0.2, 0) is 18.8 Å². The second-order valence-electron chi connectivity index (χ2n) is 5.68. The number of aldehydes is 1. The van der Waals surface area contributed by atoms with E-state index in [9.17, 15) is 9.59 Å². The highest BCUT2D eigenvalue weighted by Crippen LogP contribution is 2.37. The van der Waals surface area contributed by atoms with Crippen molar-refractivity contribution >= 4 is 20.6 Å². The van der Waals surface area contributed by atoms with Crippen molar-refractivity contribution in [2.75, 3.05) is 7.11 Å². The standard InChI is InChI=1S/C12H24O4Si/c1-12(2,3)17(5,6)16-10(7-8-13)9-11(14)15-4/h8,10H,7,9H2,1-6H3/t10-/m0/s1. The molecule has 17 heavy (non-hydrogen) atoms. The molecule has 0 radical (unpaired) electrons. The fraction of sp³-hybridized carbons (Fsp3) is 0.833. The molecule has 0 spiro atoms. The van der Waals surface area contributed by atoms with E-state index in [4.69, 9.17) is 4.43 Å². The summed E-state index contributed by atoms with van der Waals surface area (Å²) in [5.41, 5.74) is 0. The van der Waals surface area contributed by atoms with Crippen LogP contribution in [0, 0.1) is 0 Å². The average Bonchev–Trinajstić information content (AvgIpc) is 2.15. The van der Waals surface area contributed by atoms with E-state index in [2.05, 4.69) is 38.6 Å². The number of carbonyl (C=O) groups is 2. The van der Waals surface area contributed by atoms with Crippen LogP contribution in [-0.4, -0.2) is 33.8 Å². The van der Waals surface area contributed by atoms with Crippen molar-refractivity contribution < 1.29 is 18.8 Å². The third kappa shape index (κ3) is 5.45. The van der Waals surface area contributed by atoms with E-state index in [0.29, 0.717) is 0 Å². The van der Waals surface area contributed by atoms with Crippen LogP contribution in [0.2, 0.25) is 18.1 Å². The summed E-state index contributed by atoms with van der Waals surface area (Å²) >= 11 is 0. The lowest BCUT2D eigenvalue weighted by Gasteiger charge is -2.38. The van der Waals surface area contributed by atoms with Gasteiger partial charge in [0.2, 0.25) is 0 Å². The van der Waals surface area contributed by atoms with Crippen LogP contribution in [0.1, 0.15) is 33.6 Å². The molecule has 0 aromatic rings. The van der Waals surface area contributed by atoms with Gasteiger partial charge in [-0.25, -0.2) is 0 Å². The first-order valence-electron chi connectivity index (χ1n) is 5.82. The van der Waals surface area contributed by atoms with Crippen LogP contribution < -0.4 is 0 Å². The molecule has 0 saturated heterocycles. The van der Waals surface area contributed by atoms with Gasteiger partial charge < -0.3 is 14.0 Å². The molecule has 0 aliphatic rings. The molecule has 5 heteroatoms. The van der Waals surface area contributed by atoms with E-state index < -0.39 is 8.32 Å². The highest BCUT2D eigenvalue weighted by Gasteiger charge is 2.39. The van der Waals surface area contributed by atoms with Crippen molar-refractivity contribution in [3.8, 4) is 0 Å². The first-order valence-corrected chi connectivity index (χ1v) is 8.73. The molecule has 1 atom stereocenters. The predicted molar refractivity (Wildman–Crippen MR) is 69.4 cm³/mol. The van der Waals surface area contributed by atoms with Gasteiger partial charge in [0.25, 0.3) is 0 Å². The fourth-order valence-corrected chi connectivity index (χ4v) is 2.51. The third-order valence-corrected chi connectivity index (χ3v) is 7.78. The predicted octanol–water partition coefficient (Wildman–Crippen LogP) is 2.53. The zero-order chi connectivity index (χ0) is 13.7. The van der Waals surface area contributed by atoms with Gasteiger partial charge in [-0.1, -0.05) is 20.8 Å². The number of hydrogen-bond acceptors (Lipinski definition) is 4. The van der Waals surface area contributed by atoms with Crippen molar-refractivity contribution in [1.29, 1.82) is 0 Å². The van der Waals surface area contributed by atoms with E-state index in [1.54, 1.807) is 0 Å². The normalized spacial score (nSPS) is 14.2. The lowest BCUT2D eigenvalue weighted by atomic mass is 10.2. The molecule has 0 bridgehead atoms. The maximum Gasteiger partial charge on any atom is 0.308 e. The molecule has 4 nitrogen and oxygen atoms in total. The number of methoxy groups -OCH3 is 1. The summed E-state index contributed by atoms with van der Waals surface area (Å²) in [5.74, 6) is -0.337. The number of esters is 1. The quantitative estimate of drug-likeness (QED) is 0.418. The highest BCUT2D eigenvalue weighted by atomic mass is 28.4. The maximum absolute atomic E-state index is 11.2. The van der Waals surface area contributed by atoms with Gasteiger partial charge in [0.1, 0.15) is 6.29 Å². The van der Waals surface area contributed by atoms with Crippen molar-refractivity contribution in [2.45, 2.75) is 57.8 Å². The van der Waals surface area contributed by atoms with Gasteiger partial charge in [-0.3, -0.25) is 4.79 Å². The summed E-state index contributed by atoms with van der Waals surface area (Å²) in [4.78, 5) is 21.8. The van der Waals surface area contributed by atoms with Crippen molar-refractivity contribution in [1.82, 2.24) is 0 Å². The molecule has 0 saturated carbocycles. The first kappa shape index (κ1) is 16.3. The second-order valence-corrected chi connectivity index (χ2v) is 10.4. The Morgan fingerprint density at radius 3 is 2.24 bits per heavy atom. The van der Waals surface area contributed by atoms with Crippen LogP contribution in [0.15, 0.2) is 0 Å². The zero-order valence-corrected chi connectivity index (χ0v) is 12.7. The van der Waals surface area contributed by atoms with Gasteiger partial charge in [-0.2, -0.15) is 0 Å². The Kier molecular flexibility index (Phi) is 6.05. The van der Waals surface area contributed by atoms with Gasteiger partial charge >= 0.3 is 5.97 Å². The monoisotopic (exact) mass is 260 g/mol. The molecule has 0 fully saturated rings. The van der Waals surface area contributed by atoms with E-state index in [1.165, 1.54) is 7.11 Å². The molecule has 0 amide bonds. The Labute approximate surface area is 105 Å². The highest BCUT2D eigenvalue weighted by molar-refractivity contribution is 6.74. The summed E-state index contributed by atoms with van der Waals surface area (Å²) in [6.45, 7) is 10.6. The molecular weight excluding hydrogens is 236 g/mol. The lowest BCUT2D eigenvalue weighted by molar-refractivity contribution is -0.142. The lowest BCUT2D eigenvalue weighted by Crippen LogP contribution is -2.44. The minimum atomic E-state index is -1.95. The fourth-order valence-electron chi connectivity index (χ4n) is 1.14. The Morgan fingerprint density at radius 1 is 1.35 bits per heavy atom. The minimum Gasteiger partial charge on any atom is -0.469 e. The van der Waals surface area contributed by atoms with E-state index in [-0.39, 0.29) is 30.0 Å². The van der Waals surface area contributed by atoms with Gasteiger partial charge in [0.05, 0.1) is 19.6 Å². The minimum absolute atomic E-state index is 0.0598. The van der Waals surface area contributed by atoms with E-state index in [0.717, 1.165) is 6.29 Å². The number of carbonyl (C=O) groups excluding carboxylic acids is 2. The molecule has 0 aromatic carbocycles. The summed E-state index contributed by atoms with van der Waals surface area (Å²) in [6, 6.07) is 0. The number of hydrogen-bond donors (Lipinski definition) is 0. The molecule has 0 rings (SSSR count). The van der Waals surface area contributed by atoms with Gasteiger partial charge in [0.15, 0.2) is 8.32 Å². The van der Waals surface area contributed by atoms with Crippen LogP contribution in [0.25, 0.3) is 0 Å². The Morgan fingerprint density at radius 2 is 1.88 bits per heavy atom. The molecule has 0 aliphatic heterocycles. The van der Waals surface area contributed by atoms with E-state index in [1.807, 2.05) is 0 Å². The molecule has 0 aromatic heterocycles. The Balaban J connectivity index is 4.64. The Hall–Kier alpha value is -0.683. The largest absolute Gasteiger partial charge is 0.469 e. The molecule has 0 N–H and O–H groups in total. The van der Waals surface area contributed by atoms with Crippen LogP contribution in [0.5, 0.6) is 0 Å². The van der Waals surface area contributed by atoms with Gasteiger partial charge in [-0.15, -0.1) is 0 Å². The first-order chi connectivity index (χ1) is 7.64. The third-order valence-electron chi connectivity index (χ3n) is 3.25. The molecule has 0 aliphatic carbocycles. The van der Waals surface area contributed by atoms with Crippen LogP contribution >= 0.6 is 0 Å². The molecule has 100 valence electrons. The average molecular weight is 260 g/mol. The summed E-state index contributed by atoms with van der Waals surface area (Å²) in [6.07, 6.45) is 0.810. The molecule has 0 unspecified atom stereocenters. The maximum atomic E-state index is 11.2. The van der Waals surface area contributed by atoms with Crippen molar-refractivity contribution in [3.63, 3.8) is 0 Å². The van der Waals surface area contributed by atoms with Crippen molar-refractivity contribution in [3.05, 3.63) is 0 Å². The number of ether oxygens (including phenoxy) is 1. The van der Waals surface area contributed by atoms with Gasteiger partial charge in [-0.05, 0) is 18.1 Å². The Bertz CT molecular complexity index is 268. The van der Waals surface area contributed by atoms with Gasteiger partial charge in [0, 0.05) is 6.42 Å². The van der Waals surface area contributed by atoms with E-state index >= 15 is 0 Å². The second kappa shape index (κ2) is 6.30. The zero-order valence-electron chi connectivity index (χ0n) is 11.7. The number of rotatable bonds is 6. The summed E-state index contributed by atoms with van der Waals surface area (Å²) < 4.78 is 10.6. The van der Waals surface area contributed by atoms with Crippen LogP contribution in [0.4, 0.5) is 0 Å². The molecular formula is C12H24O4Si.